The van der Waals surface area contributed by atoms with Crippen molar-refractivity contribution >= 4 is 34.5 Å². The largest absolute Gasteiger partial charge is 0.497 e. The fraction of sp³-hybridized carbons (Fsp3) is 0.543. The number of aliphatic hydroxyl groups is 1. The van der Waals surface area contributed by atoms with Gasteiger partial charge in [0.15, 0.2) is 6.10 Å². The lowest BCUT2D eigenvalue weighted by molar-refractivity contribution is -0.228. The van der Waals surface area contributed by atoms with Gasteiger partial charge in [-0.25, -0.2) is 4.79 Å². The molecule has 11 rings (SSSR count). The molecule has 4 bridgehead atoms. The number of rotatable bonds is 6. The third kappa shape index (κ3) is 4.88. The van der Waals surface area contributed by atoms with Gasteiger partial charge in [-0.05, 0) is 67.8 Å². The van der Waals surface area contributed by atoms with Gasteiger partial charge in [-0.3, -0.25) is 19.4 Å². The number of anilines is 1. The summed E-state index contributed by atoms with van der Waals surface area (Å²) in [6.45, 7) is 9.22. The molecule has 2 saturated heterocycles. The topological polar surface area (TPSA) is 134 Å². The minimum Gasteiger partial charge on any atom is -0.497 e. The first-order chi connectivity index (χ1) is 27.9. The van der Waals surface area contributed by atoms with Crippen molar-refractivity contribution in [2.75, 3.05) is 59.5 Å². The van der Waals surface area contributed by atoms with Gasteiger partial charge in [-0.2, -0.15) is 0 Å². The van der Waals surface area contributed by atoms with E-state index in [1.165, 1.54) is 37.7 Å². The molecule has 3 unspecified atom stereocenters. The highest BCUT2D eigenvalue weighted by Gasteiger charge is 2.80. The lowest BCUT2D eigenvalue weighted by Crippen LogP contribution is -2.81. The Labute approximate surface area is 340 Å². The number of fused-ring (bicyclic) bond motifs is 4. The molecule has 1 aromatic heterocycles. The van der Waals surface area contributed by atoms with Crippen LogP contribution in [0.25, 0.3) is 10.9 Å². The van der Waals surface area contributed by atoms with Gasteiger partial charge in [0.05, 0.1) is 33.4 Å². The molecule has 2 aromatic carbocycles. The highest BCUT2D eigenvalue weighted by molar-refractivity contribution is 5.92. The predicted molar refractivity (Wildman–Crippen MR) is 219 cm³/mol. The maximum atomic E-state index is 13.5. The zero-order valence-corrected chi connectivity index (χ0v) is 34.7. The van der Waals surface area contributed by atoms with Crippen molar-refractivity contribution in [2.45, 2.75) is 93.5 Å². The highest BCUT2D eigenvalue weighted by atomic mass is 16.6. The number of nitrogens with one attached hydrogen (secondary N) is 1. The second kappa shape index (κ2) is 13.7. The summed E-state index contributed by atoms with van der Waals surface area (Å²) in [5.41, 5.74) is 2.95. The van der Waals surface area contributed by atoms with E-state index in [4.69, 9.17) is 18.9 Å². The third-order valence-electron chi connectivity index (χ3n) is 15.2. The van der Waals surface area contributed by atoms with Gasteiger partial charge in [0, 0.05) is 78.8 Å². The van der Waals surface area contributed by atoms with Crippen LogP contribution in [-0.2, 0) is 45.8 Å². The van der Waals surface area contributed by atoms with Crippen LogP contribution in [0.4, 0.5) is 5.69 Å². The summed E-state index contributed by atoms with van der Waals surface area (Å²) in [6, 6.07) is 13.8. The van der Waals surface area contributed by atoms with Crippen molar-refractivity contribution in [1.29, 1.82) is 0 Å². The number of likely N-dealkylation sites (N-methyl/N-ethyl adjacent to an activating group) is 1. The molecular formula is C46H56N4O8. The average Bonchev–Trinajstić information content (AvgIpc) is 3.88. The number of para-hydroxylation sites is 1. The van der Waals surface area contributed by atoms with Gasteiger partial charge in [-0.15, -0.1) is 0 Å². The summed E-state index contributed by atoms with van der Waals surface area (Å²) in [4.78, 5) is 49.6. The number of hydrogen-bond donors (Lipinski definition) is 2. The summed E-state index contributed by atoms with van der Waals surface area (Å²) in [5, 5.41) is 13.7. The summed E-state index contributed by atoms with van der Waals surface area (Å²) < 4.78 is 22.0. The van der Waals surface area contributed by atoms with Crippen LogP contribution in [-0.4, -0.2) is 122 Å². The van der Waals surface area contributed by atoms with Crippen molar-refractivity contribution in [3.05, 3.63) is 83.1 Å². The molecule has 58 heavy (non-hydrogen) atoms. The number of carbonyl (C=O) groups is 3. The molecule has 3 fully saturated rings. The zero-order valence-electron chi connectivity index (χ0n) is 34.7. The van der Waals surface area contributed by atoms with E-state index in [0.29, 0.717) is 18.1 Å². The fourth-order valence-electron chi connectivity index (χ4n) is 13.4. The van der Waals surface area contributed by atoms with E-state index in [2.05, 4.69) is 70.3 Å². The van der Waals surface area contributed by atoms with Crippen molar-refractivity contribution in [3.63, 3.8) is 0 Å². The monoisotopic (exact) mass is 792 g/mol. The Kier molecular flexibility index (Phi) is 9.18. The Balaban J connectivity index is 0.000000156. The number of carbonyl (C=O) groups excluding carboxylic acids is 3. The van der Waals surface area contributed by atoms with E-state index in [0.717, 1.165) is 74.3 Å². The van der Waals surface area contributed by atoms with Gasteiger partial charge in [0.1, 0.15) is 11.2 Å². The number of aromatic amines is 1. The first-order valence-electron chi connectivity index (χ1n) is 20.8. The lowest BCUT2D eigenvalue weighted by atomic mass is 9.47. The molecule has 0 amide bonds. The normalized spacial score (nSPS) is 36.0. The first-order valence-corrected chi connectivity index (χ1v) is 20.8. The van der Waals surface area contributed by atoms with Gasteiger partial charge in [-0.1, -0.05) is 61.9 Å². The Bertz CT molecular complexity index is 2250. The van der Waals surface area contributed by atoms with E-state index < -0.39 is 45.9 Å². The van der Waals surface area contributed by atoms with Crippen molar-refractivity contribution in [1.82, 2.24) is 14.8 Å². The van der Waals surface area contributed by atoms with Crippen LogP contribution in [0.2, 0.25) is 0 Å². The number of hydrogen-bond acceptors (Lipinski definition) is 11. The first kappa shape index (κ1) is 38.8. The number of nitrogens with zero attached hydrogens (tertiary/aromatic N) is 3. The van der Waals surface area contributed by atoms with Gasteiger partial charge in [0.25, 0.3) is 0 Å². The van der Waals surface area contributed by atoms with Crippen LogP contribution < -0.4 is 9.64 Å². The Hall–Kier alpha value is -4.65. The second-order valence-electron chi connectivity index (χ2n) is 17.5. The number of benzene rings is 2. The summed E-state index contributed by atoms with van der Waals surface area (Å²) >= 11 is 0. The molecule has 8 aliphatic rings. The number of esters is 3. The second-order valence-corrected chi connectivity index (χ2v) is 17.5. The molecule has 1 spiro atoms. The zero-order chi connectivity index (χ0) is 40.9. The molecule has 6 aliphatic heterocycles. The SMILES string of the molecule is CCC1=CC2CN3CCc4c([nH]c5ccccc45)[C@@](C(=O)OC)(C2)C13.CC[C@]12C=CCN3CC[C@@]4(c5ccc(OC)cc5N(C)[C@H]4[C@@](O)(C(=O)OC)[C@@H]1OC(C)=O)[C@@H]32. The quantitative estimate of drug-likeness (QED) is 0.202. The van der Waals surface area contributed by atoms with Gasteiger partial charge in [0.2, 0.25) is 5.60 Å². The maximum Gasteiger partial charge on any atom is 0.344 e. The van der Waals surface area contributed by atoms with Gasteiger partial charge < -0.3 is 33.9 Å². The molecule has 12 heteroatoms. The maximum absolute atomic E-state index is 13.5. The smallest absolute Gasteiger partial charge is 0.344 e. The van der Waals surface area contributed by atoms with Crippen LogP contribution in [0.5, 0.6) is 5.75 Å². The molecule has 3 aromatic rings. The molecular weight excluding hydrogens is 737 g/mol. The van der Waals surface area contributed by atoms with Crippen LogP contribution in [0.1, 0.15) is 63.3 Å². The Morgan fingerprint density at radius 3 is 2.47 bits per heavy atom. The number of aromatic nitrogens is 1. The van der Waals surface area contributed by atoms with Crippen LogP contribution in [0.3, 0.4) is 0 Å². The standard InChI is InChI=1S/C25H32N2O6.C21H24N2O2/c1-6-23-10-7-12-27-13-11-24(19(23)27)17-9-8-16(31-4)14-18(17)26(3)20(24)25(30,22(29)32-5)21(23)33-15(2)28;1-3-14-10-13-11-21(20(24)25-2)18-16(8-9-23(12-13)19(14)21)15-6-4-5-7-17(15)22-18/h7-10,14,19-21,30H,6,11-13H2,1-5H3;4-7,10,13,19,22H,3,8-9,11-12H2,1-2H3/t19-,20+,21+,23+,24+,25-;13?,19?,21-/m00/s1. The van der Waals surface area contributed by atoms with E-state index in [-0.39, 0.29) is 18.1 Å². The molecule has 7 heterocycles. The minimum absolute atomic E-state index is 0.0589. The van der Waals surface area contributed by atoms with Crippen molar-refractivity contribution < 1.29 is 38.4 Å². The minimum atomic E-state index is -2.08. The molecule has 0 radical (unpaired) electrons. The van der Waals surface area contributed by atoms with Crippen LogP contribution in [0.15, 0.2) is 66.3 Å². The average molecular weight is 793 g/mol. The van der Waals surface area contributed by atoms with Gasteiger partial charge >= 0.3 is 17.9 Å². The fourth-order valence-corrected chi connectivity index (χ4v) is 13.4. The number of ether oxygens (including phenoxy) is 4. The molecule has 1 saturated carbocycles. The summed E-state index contributed by atoms with van der Waals surface area (Å²) in [6.07, 6.45) is 9.65. The van der Waals surface area contributed by atoms with E-state index >= 15 is 0 Å². The number of piperidine rings is 1. The van der Waals surface area contributed by atoms with Crippen LogP contribution in [0, 0.1) is 11.3 Å². The molecule has 2 N–H and O–H groups in total. The highest BCUT2D eigenvalue weighted by Crippen LogP contribution is 2.67. The molecule has 10 atom stereocenters. The summed E-state index contributed by atoms with van der Waals surface area (Å²) in [5.74, 6) is -0.272. The van der Waals surface area contributed by atoms with Crippen LogP contribution >= 0.6 is 0 Å². The third-order valence-corrected chi connectivity index (χ3v) is 15.2. The lowest BCUT2D eigenvalue weighted by Gasteiger charge is -2.63. The van der Waals surface area contributed by atoms with E-state index in [9.17, 15) is 19.5 Å². The molecule has 12 nitrogen and oxygen atoms in total. The molecule has 308 valence electrons. The van der Waals surface area contributed by atoms with E-state index in [1.54, 1.807) is 7.11 Å². The van der Waals surface area contributed by atoms with Crippen molar-refractivity contribution in [2.24, 2.45) is 11.3 Å². The number of methoxy groups -OCH3 is 3. The summed E-state index contributed by atoms with van der Waals surface area (Å²) in [7, 11) is 6.31. The Morgan fingerprint density at radius 1 is 0.983 bits per heavy atom. The number of H-pyrrole nitrogens is 1. The van der Waals surface area contributed by atoms with Crippen molar-refractivity contribution in [3.8, 4) is 5.75 Å². The van der Waals surface area contributed by atoms with E-state index in [1.807, 2.05) is 31.0 Å². The predicted octanol–water partition coefficient (Wildman–Crippen LogP) is 4.82. The Morgan fingerprint density at radius 2 is 1.76 bits per heavy atom. The molecule has 2 aliphatic carbocycles.